The SMILES string of the molecule is COC(CNCC1CCN(C2CC2)C1)OC. The van der Waals surface area contributed by atoms with Gasteiger partial charge in [0.15, 0.2) is 6.29 Å². The van der Waals surface area contributed by atoms with E-state index in [1.807, 2.05) is 0 Å². The molecule has 1 atom stereocenters. The van der Waals surface area contributed by atoms with Crippen molar-refractivity contribution in [2.45, 2.75) is 31.6 Å². The zero-order valence-corrected chi connectivity index (χ0v) is 10.4. The molecule has 1 aliphatic heterocycles. The van der Waals surface area contributed by atoms with Crippen molar-refractivity contribution < 1.29 is 9.47 Å². The van der Waals surface area contributed by atoms with E-state index in [9.17, 15) is 0 Å². The van der Waals surface area contributed by atoms with Gasteiger partial charge in [-0.25, -0.2) is 0 Å². The Balaban J connectivity index is 1.56. The van der Waals surface area contributed by atoms with Gasteiger partial charge in [-0.15, -0.1) is 0 Å². The van der Waals surface area contributed by atoms with E-state index in [1.165, 1.54) is 32.4 Å². The van der Waals surface area contributed by atoms with Gasteiger partial charge in [0.25, 0.3) is 0 Å². The first-order valence-corrected chi connectivity index (χ1v) is 6.34. The summed E-state index contributed by atoms with van der Waals surface area (Å²) in [6, 6.07) is 0.927. The zero-order valence-electron chi connectivity index (χ0n) is 10.4. The van der Waals surface area contributed by atoms with Gasteiger partial charge < -0.3 is 19.7 Å². The van der Waals surface area contributed by atoms with E-state index in [0.717, 1.165) is 25.0 Å². The van der Waals surface area contributed by atoms with Crippen molar-refractivity contribution in [3.63, 3.8) is 0 Å². The predicted octanol–water partition coefficient (Wildman–Crippen LogP) is 0.679. The molecule has 2 fully saturated rings. The van der Waals surface area contributed by atoms with Crippen LogP contribution in [0.15, 0.2) is 0 Å². The Bertz CT molecular complexity index is 205. The predicted molar refractivity (Wildman–Crippen MR) is 63.4 cm³/mol. The van der Waals surface area contributed by atoms with E-state index in [0.29, 0.717) is 0 Å². The third-order valence-corrected chi connectivity index (χ3v) is 3.65. The lowest BCUT2D eigenvalue weighted by atomic mass is 10.1. The van der Waals surface area contributed by atoms with Gasteiger partial charge in [0.05, 0.1) is 0 Å². The number of nitrogens with zero attached hydrogens (tertiary/aromatic N) is 1. The Morgan fingerprint density at radius 1 is 1.25 bits per heavy atom. The third-order valence-electron chi connectivity index (χ3n) is 3.65. The number of likely N-dealkylation sites (tertiary alicyclic amines) is 1. The molecule has 16 heavy (non-hydrogen) atoms. The molecule has 0 bridgehead atoms. The number of ether oxygens (including phenoxy) is 2. The van der Waals surface area contributed by atoms with Crippen molar-refractivity contribution in [2.75, 3.05) is 40.4 Å². The van der Waals surface area contributed by atoms with Crippen LogP contribution in [0.5, 0.6) is 0 Å². The van der Waals surface area contributed by atoms with Gasteiger partial charge >= 0.3 is 0 Å². The van der Waals surface area contributed by atoms with Crippen LogP contribution in [0, 0.1) is 5.92 Å². The Morgan fingerprint density at radius 3 is 2.62 bits per heavy atom. The second kappa shape index (κ2) is 5.96. The molecule has 0 aromatic heterocycles. The fourth-order valence-corrected chi connectivity index (χ4v) is 2.47. The van der Waals surface area contributed by atoms with Crippen molar-refractivity contribution in [1.82, 2.24) is 10.2 Å². The van der Waals surface area contributed by atoms with Gasteiger partial charge in [0.1, 0.15) is 0 Å². The monoisotopic (exact) mass is 228 g/mol. The summed E-state index contributed by atoms with van der Waals surface area (Å²) in [5.41, 5.74) is 0. The standard InChI is InChI=1S/C12H24N2O2/c1-15-12(16-2)8-13-7-10-5-6-14(9-10)11-3-4-11/h10-13H,3-9H2,1-2H3. The van der Waals surface area contributed by atoms with E-state index in [-0.39, 0.29) is 6.29 Å². The highest BCUT2D eigenvalue weighted by Crippen LogP contribution is 2.31. The summed E-state index contributed by atoms with van der Waals surface area (Å²) in [6.45, 7) is 4.46. The molecule has 1 saturated heterocycles. The van der Waals surface area contributed by atoms with Crippen LogP contribution in [0.2, 0.25) is 0 Å². The number of nitrogens with one attached hydrogen (secondary N) is 1. The fraction of sp³-hybridized carbons (Fsp3) is 1.00. The summed E-state index contributed by atoms with van der Waals surface area (Å²) in [7, 11) is 3.36. The first-order chi connectivity index (χ1) is 7.83. The molecule has 2 rings (SSSR count). The molecule has 4 heteroatoms. The smallest absolute Gasteiger partial charge is 0.169 e. The normalized spacial score (nSPS) is 26.8. The zero-order chi connectivity index (χ0) is 11.4. The van der Waals surface area contributed by atoms with Crippen LogP contribution in [0.25, 0.3) is 0 Å². The van der Waals surface area contributed by atoms with Gasteiger partial charge in [-0.2, -0.15) is 0 Å². The van der Waals surface area contributed by atoms with E-state index in [4.69, 9.17) is 9.47 Å². The number of hydrogen-bond donors (Lipinski definition) is 1. The lowest BCUT2D eigenvalue weighted by molar-refractivity contribution is -0.0989. The Labute approximate surface area is 98.3 Å². The van der Waals surface area contributed by atoms with E-state index in [2.05, 4.69) is 10.2 Å². The minimum absolute atomic E-state index is 0.110. The van der Waals surface area contributed by atoms with Crippen LogP contribution in [-0.2, 0) is 9.47 Å². The molecule has 0 aromatic carbocycles. The van der Waals surface area contributed by atoms with Crippen LogP contribution in [-0.4, -0.2) is 57.6 Å². The molecule has 0 amide bonds. The second-order valence-electron chi connectivity index (χ2n) is 4.94. The van der Waals surface area contributed by atoms with Crippen LogP contribution in [0.3, 0.4) is 0 Å². The molecular formula is C12H24N2O2. The molecule has 1 unspecified atom stereocenters. The maximum atomic E-state index is 5.14. The highest BCUT2D eigenvalue weighted by Gasteiger charge is 2.33. The molecular weight excluding hydrogens is 204 g/mol. The molecule has 1 N–H and O–H groups in total. The van der Waals surface area contributed by atoms with E-state index in [1.54, 1.807) is 14.2 Å². The van der Waals surface area contributed by atoms with Gasteiger partial charge in [0, 0.05) is 33.4 Å². The Kier molecular flexibility index (Phi) is 4.58. The summed E-state index contributed by atoms with van der Waals surface area (Å²) in [6.07, 6.45) is 4.08. The lowest BCUT2D eigenvalue weighted by Gasteiger charge is -2.17. The Morgan fingerprint density at radius 2 is 2.00 bits per heavy atom. The van der Waals surface area contributed by atoms with Crippen molar-refractivity contribution >= 4 is 0 Å². The maximum absolute atomic E-state index is 5.14. The van der Waals surface area contributed by atoms with Crippen molar-refractivity contribution in [3.8, 4) is 0 Å². The first-order valence-electron chi connectivity index (χ1n) is 6.34. The summed E-state index contributed by atoms with van der Waals surface area (Å²) in [5.74, 6) is 0.815. The highest BCUT2D eigenvalue weighted by atomic mass is 16.7. The van der Waals surface area contributed by atoms with Gasteiger partial charge in [0.2, 0.25) is 0 Å². The number of hydrogen-bond acceptors (Lipinski definition) is 4. The minimum Gasteiger partial charge on any atom is -0.355 e. The summed E-state index contributed by atoms with van der Waals surface area (Å²) >= 11 is 0. The quantitative estimate of drug-likeness (QED) is 0.650. The highest BCUT2D eigenvalue weighted by molar-refractivity contribution is 4.89. The molecule has 2 aliphatic rings. The van der Waals surface area contributed by atoms with Crippen LogP contribution >= 0.6 is 0 Å². The fourth-order valence-electron chi connectivity index (χ4n) is 2.47. The molecule has 4 nitrogen and oxygen atoms in total. The van der Waals surface area contributed by atoms with Crippen molar-refractivity contribution in [1.29, 1.82) is 0 Å². The summed E-state index contributed by atoms with van der Waals surface area (Å²) in [5, 5.41) is 3.43. The van der Waals surface area contributed by atoms with Crippen LogP contribution in [0.1, 0.15) is 19.3 Å². The van der Waals surface area contributed by atoms with E-state index >= 15 is 0 Å². The molecule has 1 saturated carbocycles. The molecule has 0 spiro atoms. The first kappa shape index (κ1) is 12.3. The number of methoxy groups -OCH3 is 2. The van der Waals surface area contributed by atoms with Gasteiger partial charge in [-0.05, 0) is 38.3 Å². The topological polar surface area (TPSA) is 33.7 Å². The minimum atomic E-state index is -0.110. The average Bonchev–Trinajstić information content (AvgIpc) is 3.05. The van der Waals surface area contributed by atoms with Gasteiger partial charge in [-0.1, -0.05) is 0 Å². The molecule has 0 radical (unpaired) electrons. The molecule has 1 aliphatic carbocycles. The summed E-state index contributed by atoms with van der Waals surface area (Å²) in [4.78, 5) is 2.65. The Hall–Kier alpha value is -0.160. The molecule has 0 aromatic rings. The molecule has 94 valence electrons. The van der Waals surface area contributed by atoms with E-state index < -0.39 is 0 Å². The third kappa shape index (κ3) is 3.42. The van der Waals surface area contributed by atoms with Crippen LogP contribution in [0.4, 0.5) is 0 Å². The number of rotatable bonds is 7. The van der Waals surface area contributed by atoms with Crippen molar-refractivity contribution in [2.24, 2.45) is 5.92 Å². The maximum Gasteiger partial charge on any atom is 0.169 e. The second-order valence-corrected chi connectivity index (χ2v) is 4.94. The largest absolute Gasteiger partial charge is 0.355 e. The summed E-state index contributed by atoms with van der Waals surface area (Å²) < 4.78 is 10.3. The lowest BCUT2D eigenvalue weighted by Crippen LogP contribution is -2.34. The van der Waals surface area contributed by atoms with Crippen molar-refractivity contribution in [3.05, 3.63) is 0 Å². The molecule has 1 heterocycles. The van der Waals surface area contributed by atoms with Crippen LogP contribution < -0.4 is 5.32 Å². The average molecular weight is 228 g/mol. The van der Waals surface area contributed by atoms with Gasteiger partial charge in [-0.3, -0.25) is 0 Å².